The number of imidazole rings is 1. The number of rotatable bonds is 2. The van der Waals surface area contributed by atoms with Gasteiger partial charge in [0.05, 0.1) is 17.7 Å². The van der Waals surface area contributed by atoms with Crippen molar-refractivity contribution >= 4 is 0 Å². The maximum Gasteiger partial charge on any atom is 0.0994 e. The van der Waals surface area contributed by atoms with Gasteiger partial charge in [-0.25, -0.2) is 4.98 Å². The molecule has 0 unspecified atom stereocenters. The maximum atomic E-state index is 4.51. The van der Waals surface area contributed by atoms with E-state index in [0.29, 0.717) is 5.92 Å². The fraction of sp³-hybridized carbons (Fsp3) is 0.385. The topological polar surface area (TPSA) is 42.7 Å². The minimum absolute atomic E-state index is 0.582. The fourth-order valence-corrected chi connectivity index (χ4v) is 2.24. The monoisotopic (exact) mass is 228 g/mol. The van der Waals surface area contributed by atoms with Gasteiger partial charge in [0, 0.05) is 36.6 Å². The Labute approximate surface area is 101 Å². The van der Waals surface area contributed by atoms with Gasteiger partial charge in [0.2, 0.25) is 0 Å². The Balaban J connectivity index is 2.05. The third kappa shape index (κ3) is 1.74. The molecule has 88 valence electrons. The van der Waals surface area contributed by atoms with Gasteiger partial charge in [0.15, 0.2) is 0 Å². The maximum absolute atomic E-state index is 4.51. The van der Waals surface area contributed by atoms with Gasteiger partial charge >= 0.3 is 0 Å². The van der Waals surface area contributed by atoms with Gasteiger partial charge in [-0.2, -0.15) is 0 Å². The Kier molecular flexibility index (Phi) is 2.44. The second-order valence-electron chi connectivity index (χ2n) is 4.60. The minimum atomic E-state index is 0.582. The lowest BCUT2D eigenvalue weighted by molar-refractivity contribution is 0.435. The molecule has 1 aliphatic heterocycles. The lowest BCUT2D eigenvalue weighted by atomic mass is 9.99. The van der Waals surface area contributed by atoms with Gasteiger partial charge < -0.3 is 9.88 Å². The van der Waals surface area contributed by atoms with Crippen LogP contribution in [0, 0.1) is 13.8 Å². The molecule has 4 heteroatoms. The summed E-state index contributed by atoms with van der Waals surface area (Å²) in [4.78, 5) is 8.78. The summed E-state index contributed by atoms with van der Waals surface area (Å²) in [5.41, 5.74) is 4.52. The van der Waals surface area contributed by atoms with E-state index in [4.69, 9.17) is 0 Å². The second kappa shape index (κ2) is 3.96. The third-order valence-corrected chi connectivity index (χ3v) is 3.32. The Hall–Kier alpha value is -1.68. The first-order chi connectivity index (χ1) is 8.25. The van der Waals surface area contributed by atoms with Crippen molar-refractivity contribution < 1.29 is 0 Å². The zero-order valence-corrected chi connectivity index (χ0v) is 10.1. The standard InChI is InChI=1S/C13H16N4/c1-9-3-4-12(10(2)16-9)17-8-15-7-13(17)11-5-14-6-11/h3-4,7-8,11,14H,5-6H2,1-2H3. The summed E-state index contributed by atoms with van der Waals surface area (Å²) in [6.07, 6.45) is 3.85. The van der Waals surface area contributed by atoms with Gasteiger partial charge in [0.25, 0.3) is 0 Å². The van der Waals surface area contributed by atoms with E-state index in [1.54, 1.807) is 0 Å². The second-order valence-corrected chi connectivity index (χ2v) is 4.60. The van der Waals surface area contributed by atoms with Crippen LogP contribution in [0.15, 0.2) is 24.7 Å². The normalized spacial score (nSPS) is 15.9. The zero-order chi connectivity index (χ0) is 11.8. The van der Waals surface area contributed by atoms with E-state index in [2.05, 4.69) is 25.9 Å². The number of hydrogen-bond donors (Lipinski definition) is 1. The number of hydrogen-bond acceptors (Lipinski definition) is 3. The SMILES string of the molecule is Cc1ccc(-n2cncc2C2CNC2)c(C)n1. The highest BCUT2D eigenvalue weighted by atomic mass is 15.1. The number of pyridine rings is 1. The van der Waals surface area contributed by atoms with E-state index in [1.165, 1.54) is 5.69 Å². The molecule has 1 fully saturated rings. The van der Waals surface area contributed by atoms with Crippen LogP contribution >= 0.6 is 0 Å². The van der Waals surface area contributed by atoms with Crippen LogP contribution in [0.4, 0.5) is 0 Å². The summed E-state index contributed by atoms with van der Waals surface area (Å²) in [5, 5.41) is 3.30. The summed E-state index contributed by atoms with van der Waals surface area (Å²) in [6.45, 7) is 6.15. The molecule has 1 N–H and O–H groups in total. The van der Waals surface area contributed by atoms with Crippen LogP contribution in [0.2, 0.25) is 0 Å². The Bertz CT molecular complexity index is 540. The van der Waals surface area contributed by atoms with Crippen molar-refractivity contribution in [2.24, 2.45) is 0 Å². The smallest absolute Gasteiger partial charge is 0.0994 e. The molecule has 17 heavy (non-hydrogen) atoms. The van der Waals surface area contributed by atoms with E-state index in [1.807, 2.05) is 32.4 Å². The summed E-state index contributed by atoms with van der Waals surface area (Å²) in [6, 6.07) is 4.17. The summed E-state index contributed by atoms with van der Waals surface area (Å²) in [7, 11) is 0. The van der Waals surface area contributed by atoms with Crippen molar-refractivity contribution in [2.45, 2.75) is 19.8 Å². The Morgan fingerprint density at radius 1 is 1.29 bits per heavy atom. The zero-order valence-electron chi connectivity index (χ0n) is 10.1. The molecule has 0 amide bonds. The van der Waals surface area contributed by atoms with Crippen LogP contribution in [0.3, 0.4) is 0 Å². The summed E-state index contributed by atoms with van der Waals surface area (Å²) < 4.78 is 2.16. The molecule has 0 radical (unpaired) electrons. The van der Waals surface area contributed by atoms with E-state index in [0.717, 1.165) is 30.2 Å². The number of nitrogens with one attached hydrogen (secondary N) is 1. The van der Waals surface area contributed by atoms with Crippen molar-refractivity contribution in [3.63, 3.8) is 0 Å². The molecule has 3 heterocycles. The third-order valence-electron chi connectivity index (χ3n) is 3.32. The van der Waals surface area contributed by atoms with Gasteiger partial charge in [-0.1, -0.05) is 0 Å². The minimum Gasteiger partial charge on any atom is -0.315 e. The molecular formula is C13H16N4. The lowest BCUT2D eigenvalue weighted by Gasteiger charge is -2.28. The molecule has 2 aromatic rings. The largest absolute Gasteiger partial charge is 0.315 e. The van der Waals surface area contributed by atoms with E-state index < -0.39 is 0 Å². The average molecular weight is 228 g/mol. The van der Waals surface area contributed by atoms with Gasteiger partial charge in [-0.05, 0) is 26.0 Å². The molecular weight excluding hydrogens is 212 g/mol. The highest BCUT2D eigenvalue weighted by Crippen LogP contribution is 2.23. The molecule has 0 atom stereocenters. The van der Waals surface area contributed by atoms with Crippen molar-refractivity contribution in [1.29, 1.82) is 0 Å². The van der Waals surface area contributed by atoms with Crippen LogP contribution in [-0.4, -0.2) is 27.6 Å². The van der Waals surface area contributed by atoms with Gasteiger partial charge in [-0.15, -0.1) is 0 Å². The number of aryl methyl sites for hydroxylation is 2. The molecule has 0 aromatic carbocycles. The summed E-state index contributed by atoms with van der Waals surface area (Å²) in [5.74, 6) is 0.582. The van der Waals surface area contributed by atoms with Crippen LogP contribution in [0.25, 0.3) is 5.69 Å². The summed E-state index contributed by atoms with van der Waals surface area (Å²) >= 11 is 0. The Morgan fingerprint density at radius 2 is 2.12 bits per heavy atom. The first-order valence-electron chi connectivity index (χ1n) is 5.93. The first-order valence-corrected chi connectivity index (χ1v) is 5.93. The molecule has 4 nitrogen and oxygen atoms in total. The fourth-order valence-electron chi connectivity index (χ4n) is 2.24. The van der Waals surface area contributed by atoms with Crippen molar-refractivity contribution in [2.75, 3.05) is 13.1 Å². The van der Waals surface area contributed by atoms with Crippen LogP contribution in [-0.2, 0) is 0 Å². The first kappa shape index (κ1) is 10.5. The molecule has 0 bridgehead atoms. The number of nitrogens with zero attached hydrogens (tertiary/aromatic N) is 3. The van der Waals surface area contributed by atoms with Gasteiger partial charge in [-0.3, -0.25) is 4.98 Å². The highest BCUT2D eigenvalue weighted by molar-refractivity contribution is 5.39. The lowest BCUT2D eigenvalue weighted by Crippen LogP contribution is -2.40. The quantitative estimate of drug-likeness (QED) is 0.848. The van der Waals surface area contributed by atoms with Gasteiger partial charge in [0.1, 0.15) is 0 Å². The Morgan fingerprint density at radius 3 is 2.76 bits per heavy atom. The van der Waals surface area contributed by atoms with Crippen molar-refractivity contribution in [1.82, 2.24) is 19.9 Å². The molecule has 1 aliphatic rings. The van der Waals surface area contributed by atoms with Crippen LogP contribution < -0.4 is 5.32 Å². The average Bonchev–Trinajstić information content (AvgIpc) is 2.64. The van der Waals surface area contributed by atoms with Crippen molar-refractivity contribution in [3.8, 4) is 5.69 Å². The predicted octanol–water partition coefficient (Wildman–Crippen LogP) is 1.57. The van der Waals surface area contributed by atoms with E-state index >= 15 is 0 Å². The highest BCUT2D eigenvalue weighted by Gasteiger charge is 2.23. The molecule has 0 spiro atoms. The molecule has 3 rings (SSSR count). The molecule has 1 saturated heterocycles. The number of aromatic nitrogens is 3. The van der Waals surface area contributed by atoms with Crippen LogP contribution in [0.1, 0.15) is 23.0 Å². The molecule has 0 saturated carbocycles. The van der Waals surface area contributed by atoms with E-state index in [9.17, 15) is 0 Å². The van der Waals surface area contributed by atoms with E-state index in [-0.39, 0.29) is 0 Å². The molecule has 0 aliphatic carbocycles. The van der Waals surface area contributed by atoms with Crippen LogP contribution in [0.5, 0.6) is 0 Å². The predicted molar refractivity (Wildman–Crippen MR) is 66.4 cm³/mol. The van der Waals surface area contributed by atoms with Crippen molar-refractivity contribution in [3.05, 3.63) is 41.7 Å². The molecule has 2 aromatic heterocycles.